The van der Waals surface area contributed by atoms with Crippen molar-refractivity contribution in [3.8, 4) is 0 Å². The van der Waals surface area contributed by atoms with Gasteiger partial charge in [-0.25, -0.2) is 0 Å². The van der Waals surface area contributed by atoms with Crippen molar-refractivity contribution < 1.29 is 0 Å². The molecule has 0 aromatic rings. The van der Waals surface area contributed by atoms with Crippen molar-refractivity contribution in [1.82, 2.24) is 10.2 Å². The average Bonchev–Trinajstić information content (AvgIpc) is 2.68. The van der Waals surface area contributed by atoms with Crippen molar-refractivity contribution in [1.29, 1.82) is 0 Å². The van der Waals surface area contributed by atoms with E-state index >= 15 is 0 Å². The topological polar surface area (TPSA) is 15.3 Å². The van der Waals surface area contributed by atoms with Crippen LogP contribution in [0.3, 0.4) is 0 Å². The maximum atomic E-state index is 3.89. The van der Waals surface area contributed by atoms with Gasteiger partial charge in [0.1, 0.15) is 0 Å². The van der Waals surface area contributed by atoms with Crippen LogP contribution in [0.25, 0.3) is 0 Å². The number of allylic oxidation sites excluding steroid dienone is 1. The lowest BCUT2D eigenvalue weighted by Crippen LogP contribution is -2.54. The number of hydrogen-bond donors (Lipinski definition) is 1. The summed E-state index contributed by atoms with van der Waals surface area (Å²) in [7, 11) is 0. The summed E-state index contributed by atoms with van der Waals surface area (Å²) < 4.78 is 0. The molecule has 1 N–H and O–H groups in total. The third-order valence-corrected chi connectivity index (χ3v) is 4.85. The highest BCUT2D eigenvalue weighted by molar-refractivity contribution is 5.13. The van der Waals surface area contributed by atoms with Gasteiger partial charge in [0.2, 0.25) is 0 Å². The van der Waals surface area contributed by atoms with Gasteiger partial charge in [0, 0.05) is 12.1 Å². The van der Waals surface area contributed by atoms with E-state index in [2.05, 4.69) is 29.3 Å². The largest absolute Gasteiger partial charge is 0.311 e. The summed E-state index contributed by atoms with van der Waals surface area (Å²) in [6.07, 6.45) is 10.3. The molecule has 0 radical (unpaired) electrons. The van der Waals surface area contributed by atoms with Crippen LogP contribution in [0.15, 0.2) is 12.2 Å². The molecule has 90 valence electrons. The summed E-state index contributed by atoms with van der Waals surface area (Å²) in [6.45, 7) is 6.09. The van der Waals surface area contributed by atoms with Crippen molar-refractivity contribution in [2.24, 2.45) is 11.8 Å². The van der Waals surface area contributed by atoms with Gasteiger partial charge in [0.05, 0.1) is 0 Å². The van der Waals surface area contributed by atoms with Gasteiger partial charge in [0.25, 0.3) is 0 Å². The van der Waals surface area contributed by atoms with Crippen molar-refractivity contribution in [2.75, 3.05) is 19.6 Å². The molecule has 1 aliphatic heterocycles. The second-order valence-electron chi connectivity index (χ2n) is 5.72. The van der Waals surface area contributed by atoms with E-state index in [0.29, 0.717) is 0 Å². The van der Waals surface area contributed by atoms with Gasteiger partial charge in [0.15, 0.2) is 0 Å². The second-order valence-corrected chi connectivity index (χ2v) is 5.72. The molecular formula is C14H24N2. The third kappa shape index (κ3) is 1.93. The first-order valence-corrected chi connectivity index (χ1v) is 7.02. The van der Waals surface area contributed by atoms with Crippen molar-refractivity contribution >= 4 is 0 Å². The molecule has 0 bridgehead atoms. The lowest BCUT2D eigenvalue weighted by atomic mass is 9.71. The fraction of sp³-hybridized carbons (Fsp3) is 0.857. The predicted molar refractivity (Wildman–Crippen MR) is 67.4 cm³/mol. The highest BCUT2D eigenvalue weighted by Gasteiger charge is 2.41. The SMILES string of the molecule is CCN1CCC(NC2CC3CC=CC32)CC1. The van der Waals surface area contributed by atoms with Gasteiger partial charge in [-0.05, 0) is 57.2 Å². The molecule has 3 rings (SSSR count). The van der Waals surface area contributed by atoms with E-state index in [4.69, 9.17) is 0 Å². The first kappa shape index (κ1) is 10.8. The minimum Gasteiger partial charge on any atom is -0.311 e. The summed E-state index contributed by atoms with van der Waals surface area (Å²) >= 11 is 0. The molecule has 3 atom stereocenters. The molecule has 1 heterocycles. The Labute approximate surface area is 99.1 Å². The molecule has 2 heteroatoms. The molecule has 0 aromatic heterocycles. The Kier molecular flexibility index (Phi) is 3.03. The molecule has 3 aliphatic rings. The zero-order valence-electron chi connectivity index (χ0n) is 10.4. The Morgan fingerprint density at radius 2 is 2.12 bits per heavy atom. The maximum absolute atomic E-state index is 3.89. The number of piperidine rings is 1. The molecular weight excluding hydrogens is 196 g/mol. The molecule has 2 fully saturated rings. The monoisotopic (exact) mass is 220 g/mol. The molecule has 0 spiro atoms. The van der Waals surface area contributed by atoms with Crippen LogP contribution < -0.4 is 5.32 Å². The van der Waals surface area contributed by atoms with E-state index in [1.165, 1.54) is 45.3 Å². The van der Waals surface area contributed by atoms with E-state index < -0.39 is 0 Å². The summed E-state index contributed by atoms with van der Waals surface area (Å²) in [6, 6.07) is 1.60. The van der Waals surface area contributed by atoms with Crippen molar-refractivity contribution in [2.45, 2.75) is 44.7 Å². The summed E-state index contributed by atoms with van der Waals surface area (Å²) in [4.78, 5) is 2.57. The summed E-state index contributed by atoms with van der Waals surface area (Å²) in [5, 5.41) is 3.89. The molecule has 2 nitrogen and oxygen atoms in total. The Bertz CT molecular complexity index is 266. The number of likely N-dealkylation sites (tertiary alicyclic amines) is 1. The number of nitrogens with one attached hydrogen (secondary N) is 1. The van der Waals surface area contributed by atoms with Crippen LogP contribution in [-0.4, -0.2) is 36.6 Å². The van der Waals surface area contributed by atoms with Gasteiger partial charge in [-0.1, -0.05) is 19.1 Å². The highest BCUT2D eigenvalue weighted by Crippen LogP contribution is 2.43. The summed E-state index contributed by atoms with van der Waals surface area (Å²) in [5.74, 6) is 1.87. The van der Waals surface area contributed by atoms with Gasteiger partial charge < -0.3 is 10.2 Å². The van der Waals surface area contributed by atoms with Crippen molar-refractivity contribution in [3.63, 3.8) is 0 Å². The first-order chi connectivity index (χ1) is 7.86. The Morgan fingerprint density at radius 3 is 2.81 bits per heavy atom. The third-order valence-electron chi connectivity index (χ3n) is 4.85. The Balaban J connectivity index is 1.44. The highest BCUT2D eigenvalue weighted by atomic mass is 15.1. The Hall–Kier alpha value is -0.340. The van der Waals surface area contributed by atoms with Gasteiger partial charge in [-0.3, -0.25) is 0 Å². The fourth-order valence-corrected chi connectivity index (χ4v) is 3.63. The van der Waals surface area contributed by atoms with Crippen LogP contribution in [0.2, 0.25) is 0 Å². The lowest BCUT2D eigenvalue weighted by Gasteiger charge is -2.44. The molecule has 0 aromatic carbocycles. The number of nitrogens with zero attached hydrogens (tertiary/aromatic N) is 1. The smallest absolute Gasteiger partial charge is 0.0138 e. The minimum absolute atomic E-state index is 0.794. The molecule has 3 unspecified atom stereocenters. The van der Waals surface area contributed by atoms with Crippen LogP contribution in [0, 0.1) is 11.8 Å². The maximum Gasteiger partial charge on any atom is 0.0138 e. The van der Waals surface area contributed by atoms with E-state index in [0.717, 1.165) is 23.9 Å². The minimum atomic E-state index is 0.794. The molecule has 1 saturated carbocycles. The lowest BCUT2D eigenvalue weighted by molar-refractivity contribution is 0.124. The first-order valence-electron chi connectivity index (χ1n) is 7.02. The Morgan fingerprint density at radius 1 is 1.31 bits per heavy atom. The zero-order chi connectivity index (χ0) is 11.0. The van der Waals surface area contributed by atoms with Crippen LogP contribution in [0.4, 0.5) is 0 Å². The molecule has 1 saturated heterocycles. The van der Waals surface area contributed by atoms with E-state index in [1.807, 2.05) is 0 Å². The summed E-state index contributed by atoms with van der Waals surface area (Å²) in [5.41, 5.74) is 0. The van der Waals surface area contributed by atoms with E-state index in [-0.39, 0.29) is 0 Å². The van der Waals surface area contributed by atoms with Crippen LogP contribution in [-0.2, 0) is 0 Å². The molecule has 2 aliphatic carbocycles. The molecule has 0 amide bonds. The van der Waals surface area contributed by atoms with Crippen LogP contribution in [0.5, 0.6) is 0 Å². The van der Waals surface area contributed by atoms with Gasteiger partial charge in [-0.2, -0.15) is 0 Å². The van der Waals surface area contributed by atoms with Crippen molar-refractivity contribution in [3.05, 3.63) is 12.2 Å². The van der Waals surface area contributed by atoms with Crippen LogP contribution in [0.1, 0.15) is 32.6 Å². The second kappa shape index (κ2) is 4.50. The van der Waals surface area contributed by atoms with E-state index in [1.54, 1.807) is 0 Å². The predicted octanol–water partition coefficient (Wildman–Crippen LogP) is 2.02. The van der Waals surface area contributed by atoms with Gasteiger partial charge >= 0.3 is 0 Å². The van der Waals surface area contributed by atoms with E-state index in [9.17, 15) is 0 Å². The fourth-order valence-electron chi connectivity index (χ4n) is 3.63. The number of fused-ring (bicyclic) bond motifs is 1. The average molecular weight is 220 g/mol. The standard InChI is InChI=1S/C14H24N2/c1-2-16-8-6-12(7-9-16)15-14-10-11-4-3-5-13(11)14/h3,5,11-15H,2,4,6-10H2,1H3. The quantitative estimate of drug-likeness (QED) is 0.732. The zero-order valence-corrected chi connectivity index (χ0v) is 10.4. The number of rotatable bonds is 3. The van der Waals surface area contributed by atoms with Crippen LogP contribution >= 0.6 is 0 Å². The van der Waals surface area contributed by atoms with Gasteiger partial charge in [-0.15, -0.1) is 0 Å². The normalized spacial score (nSPS) is 39.7. The molecule has 16 heavy (non-hydrogen) atoms. The number of hydrogen-bond acceptors (Lipinski definition) is 2.